The van der Waals surface area contributed by atoms with E-state index in [1.165, 1.54) is 16.7 Å². The van der Waals surface area contributed by atoms with Crippen LogP contribution in [0.5, 0.6) is 11.5 Å². The zero-order valence-electron chi connectivity index (χ0n) is 19.6. The van der Waals surface area contributed by atoms with E-state index in [2.05, 4.69) is 70.1 Å². The Morgan fingerprint density at radius 2 is 1.88 bits per heavy atom. The molecule has 2 aliphatic rings. The second-order valence-corrected chi connectivity index (χ2v) is 9.69. The quantitative estimate of drug-likeness (QED) is 0.568. The molecule has 0 unspecified atom stereocenters. The van der Waals surface area contributed by atoms with Gasteiger partial charge in [0.2, 0.25) is 5.75 Å². The predicted molar refractivity (Wildman–Crippen MR) is 131 cm³/mol. The van der Waals surface area contributed by atoms with Crippen LogP contribution in [0.4, 0.5) is 5.69 Å². The van der Waals surface area contributed by atoms with Gasteiger partial charge < -0.3 is 19.5 Å². The maximum Gasteiger partial charge on any atom is 0.297 e. The number of aromatic nitrogens is 1. The van der Waals surface area contributed by atoms with Crippen molar-refractivity contribution in [3.05, 3.63) is 83.7 Å². The summed E-state index contributed by atoms with van der Waals surface area (Å²) in [6.07, 6.45) is 5.21. The summed E-state index contributed by atoms with van der Waals surface area (Å²) in [5.41, 5.74) is 4.73. The molecule has 0 radical (unpaired) electrons. The summed E-state index contributed by atoms with van der Waals surface area (Å²) < 4.78 is 11.0. The first-order chi connectivity index (χ1) is 16.0. The van der Waals surface area contributed by atoms with Gasteiger partial charge >= 0.3 is 0 Å². The number of nitrogens with zero attached hydrogens (tertiary/aromatic N) is 2. The molecule has 0 spiro atoms. The van der Waals surface area contributed by atoms with Gasteiger partial charge in [0.05, 0.1) is 18.0 Å². The maximum absolute atomic E-state index is 10.8. The second kappa shape index (κ2) is 8.71. The molecule has 1 aliphatic heterocycles. The van der Waals surface area contributed by atoms with Gasteiger partial charge in [-0.25, -0.2) is 0 Å². The summed E-state index contributed by atoms with van der Waals surface area (Å²) in [4.78, 5) is 6.62. The Hall–Kier alpha value is -3.05. The summed E-state index contributed by atoms with van der Waals surface area (Å²) in [6.45, 7) is 5.69. The number of rotatable bonds is 6. The highest BCUT2D eigenvalue weighted by Gasteiger charge is 2.47. The first-order valence-electron chi connectivity index (χ1n) is 11.8. The summed E-state index contributed by atoms with van der Waals surface area (Å²) in [5.74, 6) is 1.86. The first kappa shape index (κ1) is 21.8. The Morgan fingerprint density at radius 3 is 2.52 bits per heavy atom. The van der Waals surface area contributed by atoms with Crippen LogP contribution in [0, 0.1) is 5.41 Å². The molecule has 5 rings (SSSR count). The van der Waals surface area contributed by atoms with Crippen molar-refractivity contribution < 1.29 is 14.6 Å². The van der Waals surface area contributed by atoms with E-state index in [0.717, 1.165) is 43.1 Å². The molecule has 1 aliphatic carbocycles. The van der Waals surface area contributed by atoms with Gasteiger partial charge in [0.15, 0.2) is 7.11 Å². The van der Waals surface area contributed by atoms with Gasteiger partial charge in [-0.2, -0.15) is 0 Å². The highest BCUT2D eigenvalue weighted by atomic mass is 16.5. The summed E-state index contributed by atoms with van der Waals surface area (Å²) in [6, 6.07) is 19.0. The van der Waals surface area contributed by atoms with Crippen LogP contribution in [0.15, 0.2) is 67.0 Å². The van der Waals surface area contributed by atoms with Crippen molar-refractivity contribution in [2.75, 3.05) is 25.1 Å². The number of pyridine rings is 1. The molecule has 0 saturated carbocycles. The van der Waals surface area contributed by atoms with Gasteiger partial charge in [0.25, 0.3) is 5.75 Å². The summed E-state index contributed by atoms with van der Waals surface area (Å²) in [7, 11) is 1.81. The molecule has 3 aromatic rings. The van der Waals surface area contributed by atoms with Crippen LogP contribution >= 0.6 is 0 Å². The molecule has 2 heterocycles. The minimum Gasteiger partial charge on any atom is -0.582 e. The van der Waals surface area contributed by atoms with Crippen molar-refractivity contribution in [2.45, 2.75) is 44.8 Å². The van der Waals surface area contributed by atoms with Crippen LogP contribution in [-0.4, -0.2) is 47.2 Å². The van der Waals surface area contributed by atoms with E-state index in [4.69, 9.17) is 4.74 Å². The Labute approximate surface area is 196 Å². The number of anilines is 1. The molecular formula is C28H33N2O3+. The third-order valence-corrected chi connectivity index (χ3v) is 7.63. The molecule has 172 valence electrons. The van der Waals surface area contributed by atoms with Gasteiger partial charge in [-0.05, 0) is 47.9 Å². The zero-order valence-corrected chi connectivity index (χ0v) is 19.6. The van der Waals surface area contributed by atoms with Crippen molar-refractivity contribution in [1.29, 1.82) is 0 Å². The molecule has 2 aromatic carbocycles. The maximum atomic E-state index is 10.8. The lowest BCUT2D eigenvalue weighted by atomic mass is 9.72. The number of fused-ring (bicyclic) bond motifs is 1. The normalized spacial score (nSPS) is 23.4. The topological polar surface area (TPSA) is 58.4 Å². The van der Waals surface area contributed by atoms with E-state index in [-0.39, 0.29) is 17.4 Å². The van der Waals surface area contributed by atoms with Crippen molar-refractivity contribution in [3.8, 4) is 11.5 Å². The van der Waals surface area contributed by atoms with Gasteiger partial charge in [-0.1, -0.05) is 31.2 Å². The standard InChI is InChI=1S/C28H32N2O3/c1-19(31)28(2)18-30(23-9-6-12-29-16-23)17-25(28)22-10-11-26(32-3)27(15-22)33-24-13-20-7-4-5-8-21(20)14-24/h4-12,15-16,19,24-25,31H,13-14,17-18H2,1-3H3/p+1/t19-,25+,28+/m1/s1. The van der Waals surface area contributed by atoms with Gasteiger partial charge in [0, 0.05) is 49.5 Å². The van der Waals surface area contributed by atoms with Crippen LogP contribution < -0.4 is 9.64 Å². The van der Waals surface area contributed by atoms with Crippen LogP contribution in [0.1, 0.15) is 36.5 Å². The average molecular weight is 446 g/mol. The zero-order chi connectivity index (χ0) is 23.0. The molecule has 3 atom stereocenters. The van der Waals surface area contributed by atoms with E-state index in [9.17, 15) is 5.11 Å². The average Bonchev–Trinajstić information content (AvgIpc) is 3.41. The van der Waals surface area contributed by atoms with E-state index in [1.54, 1.807) is 6.20 Å². The Bertz CT molecular complexity index is 1090. The minimum atomic E-state index is -0.451. The largest absolute Gasteiger partial charge is 0.582 e. The molecule has 1 aromatic heterocycles. The molecule has 5 heteroatoms. The van der Waals surface area contributed by atoms with Crippen molar-refractivity contribution >= 4 is 5.69 Å². The lowest BCUT2D eigenvalue weighted by Crippen LogP contribution is -2.37. The fourth-order valence-corrected chi connectivity index (χ4v) is 5.47. The number of aliphatic hydroxyl groups excluding tert-OH is 1. The molecule has 33 heavy (non-hydrogen) atoms. The second-order valence-electron chi connectivity index (χ2n) is 9.69. The fourth-order valence-electron chi connectivity index (χ4n) is 5.47. The van der Waals surface area contributed by atoms with Gasteiger partial charge in [-0.3, -0.25) is 4.98 Å². The molecule has 0 bridgehead atoms. The number of aromatic hydroxyl groups is 1. The fraction of sp³-hybridized carbons (Fsp3) is 0.393. The van der Waals surface area contributed by atoms with Crippen LogP contribution in [-0.2, 0) is 12.8 Å². The predicted octanol–water partition coefficient (Wildman–Crippen LogP) is 4.49. The molecule has 0 amide bonds. The van der Waals surface area contributed by atoms with Crippen molar-refractivity contribution in [3.63, 3.8) is 0 Å². The number of ether oxygens (including phenoxy) is 2. The Kier molecular flexibility index (Phi) is 5.75. The molecule has 2 N–H and O–H groups in total. The van der Waals surface area contributed by atoms with Crippen molar-refractivity contribution in [2.24, 2.45) is 5.41 Å². The first-order valence-corrected chi connectivity index (χ1v) is 11.8. The van der Waals surface area contributed by atoms with E-state index in [0.29, 0.717) is 0 Å². The Morgan fingerprint density at radius 1 is 1.12 bits per heavy atom. The summed E-state index contributed by atoms with van der Waals surface area (Å²) in [5, 5.41) is 10.8. The number of aliphatic hydroxyl groups is 2. The lowest BCUT2D eigenvalue weighted by Gasteiger charge is -2.34. The third kappa shape index (κ3) is 4.06. The van der Waals surface area contributed by atoms with E-state index in [1.807, 2.05) is 26.3 Å². The highest BCUT2D eigenvalue weighted by Crippen LogP contribution is 2.48. The SMILES string of the molecule is C[OH+]c1ccc([C@@H]2CN(c3cccnc3)C[C@@]2(C)[C@@H](C)O)cc1OC1Cc2ccccc2C1. The monoisotopic (exact) mass is 445 g/mol. The van der Waals surface area contributed by atoms with E-state index < -0.39 is 6.10 Å². The number of hydrogen-bond donors (Lipinski definition) is 1. The van der Waals surface area contributed by atoms with Crippen LogP contribution in [0.25, 0.3) is 0 Å². The number of hydrogen-bond acceptors (Lipinski definition) is 4. The van der Waals surface area contributed by atoms with Crippen LogP contribution in [0.2, 0.25) is 0 Å². The third-order valence-electron chi connectivity index (χ3n) is 7.63. The lowest BCUT2D eigenvalue weighted by molar-refractivity contribution is 0.0557. The van der Waals surface area contributed by atoms with Gasteiger partial charge in [0.1, 0.15) is 6.10 Å². The van der Waals surface area contributed by atoms with Crippen molar-refractivity contribution in [1.82, 2.24) is 4.98 Å². The number of benzene rings is 2. The minimum absolute atomic E-state index is 0.122. The Balaban J connectivity index is 1.43. The molecular weight excluding hydrogens is 412 g/mol. The summed E-state index contributed by atoms with van der Waals surface area (Å²) >= 11 is 0. The van der Waals surface area contributed by atoms with Crippen LogP contribution in [0.3, 0.4) is 0 Å². The molecule has 1 saturated heterocycles. The smallest absolute Gasteiger partial charge is 0.297 e. The van der Waals surface area contributed by atoms with Gasteiger partial charge in [-0.15, -0.1) is 0 Å². The molecule has 5 nitrogen and oxygen atoms in total. The highest BCUT2D eigenvalue weighted by molar-refractivity contribution is 5.50. The molecule has 1 fully saturated rings. The van der Waals surface area contributed by atoms with E-state index >= 15 is 0 Å².